The Bertz CT molecular complexity index is 1350. The third kappa shape index (κ3) is 6.35. The number of carbonyl (C=O) groups is 1. The molecular weight excluding hydrogens is 504 g/mol. The quantitative estimate of drug-likeness (QED) is 0.276. The van der Waals surface area contributed by atoms with Crippen LogP contribution in [0.15, 0.2) is 66.6 Å². The van der Waals surface area contributed by atoms with E-state index in [1.165, 1.54) is 39.9 Å². The average Bonchev–Trinajstić information content (AvgIpc) is 3.33. The van der Waals surface area contributed by atoms with Gasteiger partial charge < -0.3 is 4.90 Å². The molecule has 198 valence electrons. The second-order valence-corrected chi connectivity index (χ2v) is 11.7. The molecule has 0 radical (unpaired) electrons. The number of benzene rings is 2. The van der Waals surface area contributed by atoms with Crippen LogP contribution in [-0.2, 0) is 10.0 Å². The van der Waals surface area contributed by atoms with Crippen LogP contribution >= 0.6 is 11.3 Å². The number of likely N-dealkylation sites (N-methyl/N-ethyl adjacent to an activating group) is 1. The zero-order chi connectivity index (χ0) is 27.2. The summed E-state index contributed by atoms with van der Waals surface area (Å²) in [7, 11) is -3.75. The van der Waals surface area contributed by atoms with Crippen molar-refractivity contribution < 1.29 is 13.2 Å². The lowest BCUT2D eigenvalue weighted by Gasteiger charge is -2.25. The molecule has 0 fully saturated rings. The van der Waals surface area contributed by atoms with E-state index in [2.05, 4.69) is 44.9 Å². The molecule has 1 aromatic heterocycles. The number of aryl methyl sites for hydroxylation is 2. The summed E-state index contributed by atoms with van der Waals surface area (Å²) in [4.78, 5) is 22.7. The molecule has 7 nitrogen and oxygen atoms in total. The number of rotatable bonds is 13. The summed E-state index contributed by atoms with van der Waals surface area (Å²) in [5, 5.41) is 0.640. The number of hydrogen-bond acceptors (Lipinski definition) is 6. The van der Waals surface area contributed by atoms with E-state index in [9.17, 15) is 13.2 Å². The lowest BCUT2D eigenvalue weighted by molar-refractivity contribution is 0.0983. The van der Waals surface area contributed by atoms with E-state index < -0.39 is 10.0 Å². The maximum absolute atomic E-state index is 13.8. The molecule has 0 saturated carbocycles. The van der Waals surface area contributed by atoms with Crippen LogP contribution in [0.25, 0.3) is 10.2 Å². The van der Waals surface area contributed by atoms with Gasteiger partial charge in [-0.15, -0.1) is 13.2 Å². The largest absolute Gasteiger partial charge is 0.302 e. The number of carbonyl (C=O) groups excluding carboxylic acids is 1. The SMILES string of the molecule is C=CCN(CC=C)S(=O)(=O)c1ccc(C(=O)N(CCN(CC)CC)c2nc3c(C)c(C)ccc3s2)cc1. The number of sulfonamides is 1. The first-order valence-electron chi connectivity index (χ1n) is 12.4. The Labute approximate surface area is 224 Å². The van der Waals surface area contributed by atoms with Crippen molar-refractivity contribution in [3.63, 3.8) is 0 Å². The number of fused-ring (bicyclic) bond motifs is 1. The zero-order valence-corrected chi connectivity index (χ0v) is 23.7. The lowest BCUT2D eigenvalue weighted by atomic mass is 10.1. The van der Waals surface area contributed by atoms with Crippen LogP contribution in [0.1, 0.15) is 35.3 Å². The van der Waals surface area contributed by atoms with Crippen LogP contribution in [0, 0.1) is 13.8 Å². The average molecular weight is 541 g/mol. The minimum Gasteiger partial charge on any atom is -0.302 e. The minimum absolute atomic E-state index is 0.119. The summed E-state index contributed by atoms with van der Waals surface area (Å²) in [6.07, 6.45) is 3.07. The van der Waals surface area contributed by atoms with Crippen molar-refractivity contribution in [2.75, 3.05) is 44.2 Å². The van der Waals surface area contributed by atoms with Crippen LogP contribution in [0.5, 0.6) is 0 Å². The Hall–Kier alpha value is -2.85. The molecule has 9 heteroatoms. The summed E-state index contributed by atoms with van der Waals surface area (Å²) in [5.41, 5.74) is 3.58. The molecule has 0 bridgehead atoms. The first-order valence-corrected chi connectivity index (χ1v) is 14.7. The molecule has 0 aliphatic heterocycles. The summed E-state index contributed by atoms with van der Waals surface area (Å²) in [5.74, 6) is -0.210. The molecule has 0 saturated heterocycles. The van der Waals surface area contributed by atoms with Crippen molar-refractivity contribution in [1.29, 1.82) is 0 Å². The Morgan fingerprint density at radius 2 is 1.59 bits per heavy atom. The second kappa shape index (κ2) is 12.6. The second-order valence-electron chi connectivity index (χ2n) is 8.76. The molecule has 1 amide bonds. The van der Waals surface area contributed by atoms with Gasteiger partial charge in [0.2, 0.25) is 10.0 Å². The van der Waals surface area contributed by atoms with E-state index in [1.54, 1.807) is 17.0 Å². The number of hydrogen-bond donors (Lipinski definition) is 0. The Morgan fingerprint density at radius 1 is 0.973 bits per heavy atom. The van der Waals surface area contributed by atoms with Gasteiger partial charge in [-0.1, -0.05) is 43.4 Å². The van der Waals surface area contributed by atoms with E-state index in [1.807, 2.05) is 13.0 Å². The van der Waals surface area contributed by atoms with Crippen molar-refractivity contribution >= 4 is 42.6 Å². The maximum atomic E-state index is 13.8. The molecule has 0 spiro atoms. The Balaban J connectivity index is 1.97. The highest BCUT2D eigenvalue weighted by Crippen LogP contribution is 2.32. The standard InChI is InChI=1S/C28H36N4O3S2/c1-7-17-31(18-8-2)37(34,35)24-14-12-23(13-15-24)27(33)32(20-19-30(9-3)10-4)28-29-26-22(6)21(5)11-16-25(26)36-28/h7-8,11-16H,1-2,9-10,17-20H2,3-6H3. The van der Waals surface area contributed by atoms with Gasteiger partial charge >= 0.3 is 0 Å². The first-order chi connectivity index (χ1) is 17.7. The third-order valence-electron chi connectivity index (χ3n) is 6.49. The molecule has 3 aromatic rings. The van der Waals surface area contributed by atoms with Gasteiger partial charge in [0.25, 0.3) is 5.91 Å². The molecule has 3 rings (SSSR count). The van der Waals surface area contributed by atoms with E-state index >= 15 is 0 Å². The molecule has 1 heterocycles. The zero-order valence-electron chi connectivity index (χ0n) is 22.1. The molecule has 2 aromatic carbocycles. The lowest BCUT2D eigenvalue weighted by Crippen LogP contribution is -2.39. The normalized spacial score (nSPS) is 11.8. The molecule has 0 unspecified atom stereocenters. The van der Waals surface area contributed by atoms with Crippen molar-refractivity contribution in [2.24, 2.45) is 0 Å². The highest BCUT2D eigenvalue weighted by Gasteiger charge is 2.25. The predicted molar refractivity (Wildman–Crippen MR) is 154 cm³/mol. The summed E-state index contributed by atoms with van der Waals surface area (Å²) < 4.78 is 28.5. The van der Waals surface area contributed by atoms with Gasteiger partial charge in [-0.3, -0.25) is 9.69 Å². The van der Waals surface area contributed by atoms with Gasteiger partial charge in [-0.25, -0.2) is 13.4 Å². The summed E-state index contributed by atoms with van der Waals surface area (Å²) >= 11 is 1.49. The molecule has 0 aliphatic carbocycles. The van der Waals surface area contributed by atoms with Crippen molar-refractivity contribution in [1.82, 2.24) is 14.2 Å². The molecule has 37 heavy (non-hydrogen) atoms. The molecule has 0 N–H and O–H groups in total. The maximum Gasteiger partial charge on any atom is 0.260 e. The number of aromatic nitrogens is 1. The fourth-order valence-corrected chi connectivity index (χ4v) is 6.46. The van der Waals surface area contributed by atoms with Gasteiger partial charge in [0.05, 0.1) is 15.1 Å². The number of anilines is 1. The monoisotopic (exact) mass is 540 g/mol. The topological polar surface area (TPSA) is 73.8 Å². The fourth-order valence-electron chi connectivity index (χ4n) is 4.03. The van der Waals surface area contributed by atoms with E-state index in [-0.39, 0.29) is 23.9 Å². The third-order valence-corrected chi connectivity index (χ3v) is 9.38. The Kier molecular flexibility index (Phi) is 9.78. The van der Waals surface area contributed by atoms with Crippen LogP contribution in [0.4, 0.5) is 5.13 Å². The molecule has 0 aliphatic rings. The highest BCUT2D eigenvalue weighted by atomic mass is 32.2. The Morgan fingerprint density at radius 3 is 2.16 bits per heavy atom. The minimum atomic E-state index is -3.75. The summed E-state index contributed by atoms with van der Waals surface area (Å²) in [6.45, 7) is 18.9. The van der Waals surface area contributed by atoms with Gasteiger partial charge in [0, 0.05) is 31.7 Å². The van der Waals surface area contributed by atoms with Gasteiger partial charge in [0.15, 0.2) is 5.13 Å². The number of thiazole rings is 1. The van der Waals surface area contributed by atoms with E-state index in [4.69, 9.17) is 4.98 Å². The molecular formula is C28H36N4O3S2. The first kappa shape index (κ1) is 28.7. The van der Waals surface area contributed by atoms with Crippen molar-refractivity contribution in [2.45, 2.75) is 32.6 Å². The van der Waals surface area contributed by atoms with Gasteiger partial charge in [-0.2, -0.15) is 4.31 Å². The van der Waals surface area contributed by atoms with Crippen molar-refractivity contribution in [3.8, 4) is 0 Å². The fraction of sp³-hybridized carbons (Fsp3) is 0.357. The van der Waals surface area contributed by atoms with Crippen LogP contribution in [0.3, 0.4) is 0 Å². The van der Waals surface area contributed by atoms with Crippen molar-refractivity contribution in [3.05, 3.63) is 78.4 Å². The highest BCUT2D eigenvalue weighted by molar-refractivity contribution is 7.89. The van der Waals surface area contributed by atoms with Gasteiger partial charge in [-0.05, 0) is 68.4 Å². The van der Waals surface area contributed by atoms with Crippen LogP contribution in [-0.4, -0.2) is 67.8 Å². The van der Waals surface area contributed by atoms with Crippen LogP contribution < -0.4 is 4.90 Å². The van der Waals surface area contributed by atoms with E-state index in [0.717, 1.165) is 34.4 Å². The molecule has 0 atom stereocenters. The van der Waals surface area contributed by atoms with E-state index in [0.29, 0.717) is 23.8 Å². The van der Waals surface area contributed by atoms with Gasteiger partial charge in [0.1, 0.15) is 0 Å². The number of amides is 1. The van der Waals surface area contributed by atoms with Crippen LogP contribution in [0.2, 0.25) is 0 Å². The smallest absolute Gasteiger partial charge is 0.260 e. The predicted octanol–water partition coefficient (Wildman–Crippen LogP) is 5.26. The summed E-state index contributed by atoms with van der Waals surface area (Å²) in [6, 6.07) is 10.2. The number of nitrogens with zero attached hydrogens (tertiary/aromatic N) is 4.